The standard InChI is InChI=1S/C25H30N6O2/c1-17-12-21(10-11-26-17)28-20-9-5-8-19(14-20)24(32)30-23(13-18-6-3-4-7-18)25(33)29-22-15-27-31(2)16-22/h5,8-12,14-16,18,23H,3-4,6-7,13H2,1-2H3,(H,26,28)(H,29,33)(H,30,32). The van der Waals surface area contributed by atoms with Crippen molar-refractivity contribution in [2.24, 2.45) is 13.0 Å². The maximum absolute atomic E-state index is 13.1. The zero-order chi connectivity index (χ0) is 23.2. The number of aromatic nitrogens is 3. The van der Waals surface area contributed by atoms with Gasteiger partial charge in [0.1, 0.15) is 6.04 Å². The third-order valence-electron chi connectivity index (χ3n) is 5.95. The molecule has 0 aliphatic heterocycles. The first-order chi connectivity index (χ1) is 16.0. The summed E-state index contributed by atoms with van der Waals surface area (Å²) in [5.74, 6) is -0.0449. The lowest BCUT2D eigenvalue weighted by Crippen LogP contribution is -2.44. The minimum Gasteiger partial charge on any atom is -0.355 e. The van der Waals surface area contributed by atoms with Gasteiger partial charge in [-0.1, -0.05) is 31.7 Å². The van der Waals surface area contributed by atoms with Crippen molar-refractivity contribution in [3.63, 3.8) is 0 Å². The van der Waals surface area contributed by atoms with Gasteiger partial charge in [0.2, 0.25) is 5.91 Å². The molecule has 1 unspecified atom stereocenters. The van der Waals surface area contributed by atoms with Gasteiger partial charge in [-0.15, -0.1) is 0 Å². The van der Waals surface area contributed by atoms with Gasteiger partial charge in [0, 0.05) is 42.1 Å². The quantitative estimate of drug-likeness (QED) is 0.482. The number of amides is 2. The van der Waals surface area contributed by atoms with Gasteiger partial charge in [0.25, 0.3) is 5.91 Å². The number of nitrogens with zero attached hydrogens (tertiary/aromatic N) is 3. The van der Waals surface area contributed by atoms with E-state index in [0.717, 1.165) is 29.9 Å². The van der Waals surface area contributed by atoms with Crippen LogP contribution in [0.1, 0.15) is 48.2 Å². The van der Waals surface area contributed by atoms with Crippen LogP contribution in [0.5, 0.6) is 0 Å². The van der Waals surface area contributed by atoms with E-state index in [0.29, 0.717) is 23.6 Å². The van der Waals surface area contributed by atoms with Crippen LogP contribution < -0.4 is 16.0 Å². The van der Waals surface area contributed by atoms with Crippen molar-refractivity contribution in [3.05, 3.63) is 66.2 Å². The minimum atomic E-state index is -0.611. The van der Waals surface area contributed by atoms with Crippen LogP contribution in [0.25, 0.3) is 0 Å². The lowest BCUT2D eigenvalue weighted by Gasteiger charge is -2.21. The number of hydrogen-bond acceptors (Lipinski definition) is 5. The van der Waals surface area contributed by atoms with Crippen LogP contribution in [0.15, 0.2) is 55.0 Å². The largest absolute Gasteiger partial charge is 0.355 e. The first-order valence-electron chi connectivity index (χ1n) is 11.4. The summed E-state index contributed by atoms with van der Waals surface area (Å²) in [5.41, 5.74) is 3.71. The van der Waals surface area contributed by atoms with Crippen molar-refractivity contribution in [1.29, 1.82) is 0 Å². The Labute approximate surface area is 193 Å². The number of nitrogens with one attached hydrogen (secondary N) is 3. The number of hydrogen-bond donors (Lipinski definition) is 3. The number of pyridine rings is 1. The summed E-state index contributed by atoms with van der Waals surface area (Å²) in [6, 6.07) is 10.5. The summed E-state index contributed by atoms with van der Waals surface area (Å²) in [7, 11) is 1.79. The molecule has 3 aromatic rings. The molecular weight excluding hydrogens is 416 g/mol. The van der Waals surface area contributed by atoms with Crippen LogP contribution >= 0.6 is 0 Å². The molecule has 0 bridgehead atoms. The normalized spacial score (nSPS) is 14.6. The summed E-state index contributed by atoms with van der Waals surface area (Å²) >= 11 is 0. The minimum absolute atomic E-state index is 0.218. The van der Waals surface area contributed by atoms with E-state index < -0.39 is 6.04 Å². The average Bonchev–Trinajstić information content (AvgIpc) is 3.45. The van der Waals surface area contributed by atoms with Crippen LogP contribution in [0.2, 0.25) is 0 Å². The highest BCUT2D eigenvalue weighted by Gasteiger charge is 2.27. The molecular formula is C25H30N6O2. The van der Waals surface area contributed by atoms with E-state index in [4.69, 9.17) is 0 Å². The fraction of sp³-hybridized carbons (Fsp3) is 0.360. The molecule has 0 spiro atoms. The van der Waals surface area contributed by atoms with Gasteiger partial charge < -0.3 is 16.0 Å². The second-order valence-corrected chi connectivity index (χ2v) is 8.70. The molecule has 8 heteroatoms. The Balaban J connectivity index is 1.46. The summed E-state index contributed by atoms with van der Waals surface area (Å²) in [5, 5.41) is 13.3. The molecule has 1 saturated carbocycles. The smallest absolute Gasteiger partial charge is 0.252 e. The fourth-order valence-electron chi connectivity index (χ4n) is 4.30. The van der Waals surface area contributed by atoms with Gasteiger partial charge in [0.05, 0.1) is 11.9 Å². The first-order valence-corrected chi connectivity index (χ1v) is 11.4. The number of carbonyl (C=O) groups is 2. The van der Waals surface area contributed by atoms with E-state index >= 15 is 0 Å². The molecule has 1 aliphatic rings. The van der Waals surface area contributed by atoms with Crippen LogP contribution in [-0.4, -0.2) is 32.6 Å². The molecule has 0 saturated heterocycles. The Hall–Kier alpha value is -3.68. The second-order valence-electron chi connectivity index (χ2n) is 8.70. The Kier molecular flexibility index (Phi) is 7.02. The molecule has 0 radical (unpaired) electrons. The topological polar surface area (TPSA) is 101 Å². The summed E-state index contributed by atoms with van der Waals surface area (Å²) in [6.45, 7) is 1.93. The average molecular weight is 447 g/mol. The molecule has 33 heavy (non-hydrogen) atoms. The van der Waals surface area contributed by atoms with Gasteiger partial charge >= 0.3 is 0 Å². The van der Waals surface area contributed by atoms with E-state index in [-0.39, 0.29) is 11.8 Å². The molecule has 172 valence electrons. The van der Waals surface area contributed by atoms with Crippen molar-refractivity contribution >= 4 is 28.9 Å². The molecule has 4 rings (SSSR count). The lowest BCUT2D eigenvalue weighted by molar-refractivity contribution is -0.118. The number of aryl methyl sites for hydroxylation is 2. The maximum Gasteiger partial charge on any atom is 0.252 e. The van der Waals surface area contributed by atoms with Crippen LogP contribution in [0, 0.1) is 12.8 Å². The molecule has 1 atom stereocenters. The Morgan fingerprint density at radius 3 is 2.64 bits per heavy atom. The molecule has 1 aromatic carbocycles. The highest BCUT2D eigenvalue weighted by molar-refractivity contribution is 6.01. The summed E-state index contributed by atoms with van der Waals surface area (Å²) in [6.07, 6.45) is 10.3. The zero-order valence-electron chi connectivity index (χ0n) is 19.0. The highest BCUT2D eigenvalue weighted by Crippen LogP contribution is 2.29. The Morgan fingerprint density at radius 2 is 1.91 bits per heavy atom. The van der Waals surface area contributed by atoms with Crippen molar-refractivity contribution in [2.75, 3.05) is 10.6 Å². The maximum atomic E-state index is 13.1. The summed E-state index contributed by atoms with van der Waals surface area (Å²) < 4.78 is 1.63. The van der Waals surface area contributed by atoms with Crippen LogP contribution in [0.4, 0.5) is 17.1 Å². The van der Waals surface area contributed by atoms with Crippen molar-refractivity contribution in [2.45, 2.75) is 45.1 Å². The predicted molar refractivity (Wildman–Crippen MR) is 128 cm³/mol. The van der Waals surface area contributed by atoms with Crippen molar-refractivity contribution < 1.29 is 9.59 Å². The molecule has 8 nitrogen and oxygen atoms in total. The number of anilines is 3. The zero-order valence-corrected chi connectivity index (χ0v) is 19.0. The fourth-order valence-corrected chi connectivity index (χ4v) is 4.30. The van der Waals surface area contributed by atoms with Gasteiger partial charge in [-0.05, 0) is 49.6 Å². The molecule has 1 aliphatic carbocycles. The van der Waals surface area contributed by atoms with Gasteiger partial charge in [0.15, 0.2) is 0 Å². The third-order valence-corrected chi connectivity index (χ3v) is 5.95. The van der Waals surface area contributed by atoms with Crippen molar-refractivity contribution in [1.82, 2.24) is 20.1 Å². The molecule has 3 N–H and O–H groups in total. The Bertz CT molecular complexity index is 1120. The van der Waals surface area contributed by atoms with E-state index in [1.165, 1.54) is 12.8 Å². The number of carbonyl (C=O) groups excluding carboxylic acids is 2. The SMILES string of the molecule is Cc1cc(Nc2cccc(C(=O)NC(CC3CCCC3)C(=O)Nc3cnn(C)c3)c2)ccn1. The molecule has 1 fully saturated rings. The summed E-state index contributed by atoms with van der Waals surface area (Å²) in [4.78, 5) is 30.3. The van der Waals surface area contributed by atoms with E-state index in [9.17, 15) is 9.59 Å². The molecule has 2 aromatic heterocycles. The lowest BCUT2D eigenvalue weighted by atomic mass is 9.97. The van der Waals surface area contributed by atoms with Crippen LogP contribution in [-0.2, 0) is 11.8 Å². The van der Waals surface area contributed by atoms with Gasteiger partial charge in [-0.2, -0.15) is 5.10 Å². The van der Waals surface area contributed by atoms with E-state index in [1.54, 1.807) is 42.5 Å². The van der Waals surface area contributed by atoms with E-state index in [1.807, 2.05) is 31.2 Å². The third kappa shape index (κ3) is 6.19. The van der Waals surface area contributed by atoms with Gasteiger partial charge in [-0.25, -0.2) is 0 Å². The Morgan fingerprint density at radius 1 is 1.12 bits per heavy atom. The first kappa shape index (κ1) is 22.5. The van der Waals surface area contributed by atoms with E-state index in [2.05, 4.69) is 26.0 Å². The highest BCUT2D eigenvalue weighted by atomic mass is 16.2. The van der Waals surface area contributed by atoms with Crippen molar-refractivity contribution in [3.8, 4) is 0 Å². The van der Waals surface area contributed by atoms with Gasteiger partial charge in [-0.3, -0.25) is 19.3 Å². The monoisotopic (exact) mass is 446 g/mol. The number of rotatable bonds is 8. The number of benzene rings is 1. The predicted octanol–water partition coefficient (Wildman–Crippen LogP) is 4.18. The van der Waals surface area contributed by atoms with Crippen LogP contribution in [0.3, 0.4) is 0 Å². The molecule has 2 amide bonds. The molecule has 2 heterocycles. The second kappa shape index (κ2) is 10.3.